The highest BCUT2D eigenvalue weighted by molar-refractivity contribution is 5.60. The fraction of sp³-hybridized carbons (Fsp3) is 0.417. The number of methoxy groups -OCH3 is 1. The Morgan fingerprint density at radius 3 is 2.88 bits per heavy atom. The second-order valence-corrected chi connectivity index (χ2v) is 3.38. The molecule has 0 spiro atoms. The Morgan fingerprint density at radius 1 is 1.44 bits per heavy atom. The van der Waals surface area contributed by atoms with Crippen LogP contribution in [0.4, 0.5) is 5.69 Å². The van der Waals surface area contributed by atoms with E-state index in [0.717, 1.165) is 30.8 Å². The van der Waals surface area contributed by atoms with E-state index in [1.165, 1.54) is 0 Å². The first-order valence-corrected chi connectivity index (χ1v) is 5.24. The van der Waals surface area contributed by atoms with Crippen molar-refractivity contribution in [1.29, 1.82) is 5.26 Å². The summed E-state index contributed by atoms with van der Waals surface area (Å²) in [6, 6.07) is 7.41. The molecule has 0 aliphatic rings. The van der Waals surface area contributed by atoms with Crippen LogP contribution in [0.1, 0.15) is 18.4 Å². The predicted octanol–water partition coefficient (Wildman–Crippen LogP) is 1.75. The summed E-state index contributed by atoms with van der Waals surface area (Å²) in [5.74, 6) is 0.726. The lowest BCUT2D eigenvalue weighted by Crippen LogP contribution is -2.04. The van der Waals surface area contributed by atoms with Crippen LogP contribution >= 0.6 is 0 Å². The monoisotopic (exact) mass is 220 g/mol. The maximum Gasteiger partial charge on any atom is 0.121 e. The zero-order valence-corrected chi connectivity index (χ0v) is 9.36. The van der Waals surface area contributed by atoms with Gasteiger partial charge >= 0.3 is 0 Å². The maximum atomic E-state index is 8.91. The van der Waals surface area contributed by atoms with Gasteiger partial charge in [-0.1, -0.05) is 0 Å². The molecule has 0 fully saturated rings. The van der Waals surface area contributed by atoms with E-state index in [1.54, 1.807) is 25.3 Å². The molecule has 0 amide bonds. The van der Waals surface area contributed by atoms with Gasteiger partial charge in [0.2, 0.25) is 0 Å². The summed E-state index contributed by atoms with van der Waals surface area (Å²) in [6.45, 7) is 0.938. The summed E-state index contributed by atoms with van der Waals surface area (Å²) in [4.78, 5) is 0. The molecule has 0 saturated carbocycles. The van der Waals surface area contributed by atoms with Crippen molar-refractivity contribution >= 4 is 5.69 Å². The van der Waals surface area contributed by atoms with Crippen molar-refractivity contribution in [3.8, 4) is 11.8 Å². The first-order chi connectivity index (χ1) is 7.81. The number of hydrogen-bond acceptors (Lipinski definition) is 4. The third-order valence-electron chi connectivity index (χ3n) is 2.25. The highest BCUT2D eigenvalue weighted by Gasteiger charge is 2.02. The van der Waals surface area contributed by atoms with Gasteiger partial charge in [-0.3, -0.25) is 0 Å². The molecule has 0 heterocycles. The minimum absolute atomic E-state index is 0.199. The van der Waals surface area contributed by atoms with Crippen molar-refractivity contribution in [1.82, 2.24) is 0 Å². The van der Waals surface area contributed by atoms with Crippen LogP contribution in [0.15, 0.2) is 18.2 Å². The molecule has 0 unspecified atom stereocenters. The highest BCUT2D eigenvalue weighted by Crippen LogP contribution is 2.21. The molecule has 0 aromatic heterocycles. The topological polar surface area (TPSA) is 65.3 Å². The van der Waals surface area contributed by atoms with E-state index in [-0.39, 0.29) is 6.61 Å². The number of nitrogens with one attached hydrogen (secondary N) is 1. The number of unbranched alkanes of at least 4 members (excludes halogenated alkanes) is 1. The van der Waals surface area contributed by atoms with Crippen LogP contribution in [-0.2, 0) is 0 Å². The lowest BCUT2D eigenvalue weighted by Gasteiger charge is -2.09. The normalized spacial score (nSPS) is 9.56. The molecule has 4 heteroatoms. The largest absolute Gasteiger partial charge is 0.497 e. The summed E-state index contributed by atoms with van der Waals surface area (Å²) in [6.07, 6.45) is 1.64. The average molecular weight is 220 g/mol. The van der Waals surface area contributed by atoms with E-state index < -0.39 is 0 Å². The van der Waals surface area contributed by atoms with Gasteiger partial charge in [-0.15, -0.1) is 0 Å². The minimum Gasteiger partial charge on any atom is -0.497 e. The highest BCUT2D eigenvalue weighted by atomic mass is 16.5. The van der Waals surface area contributed by atoms with E-state index >= 15 is 0 Å². The van der Waals surface area contributed by atoms with Crippen LogP contribution in [0.2, 0.25) is 0 Å². The second kappa shape index (κ2) is 6.70. The van der Waals surface area contributed by atoms with E-state index in [1.807, 2.05) is 0 Å². The lowest BCUT2D eigenvalue weighted by atomic mass is 10.2. The molecule has 1 aromatic carbocycles. The van der Waals surface area contributed by atoms with Gasteiger partial charge in [0.25, 0.3) is 0 Å². The molecular formula is C12H16N2O2. The summed E-state index contributed by atoms with van der Waals surface area (Å²) >= 11 is 0. The van der Waals surface area contributed by atoms with E-state index in [9.17, 15) is 0 Å². The molecular weight excluding hydrogens is 204 g/mol. The smallest absolute Gasteiger partial charge is 0.121 e. The number of nitrogens with zero attached hydrogens (tertiary/aromatic N) is 1. The molecule has 0 aliphatic heterocycles. The third kappa shape index (κ3) is 3.44. The van der Waals surface area contributed by atoms with Gasteiger partial charge in [0.05, 0.1) is 18.4 Å². The Balaban J connectivity index is 2.65. The van der Waals surface area contributed by atoms with Gasteiger partial charge in [-0.2, -0.15) is 5.26 Å². The summed E-state index contributed by atoms with van der Waals surface area (Å²) in [7, 11) is 1.59. The number of anilines is 1. The number of ether oxygens (including phenoxy) is 1. The van der Waals surface area contributed by atoms with Crippen molar-refractivity contribution in [2.45, 2.75) is 12.8 Å². The molecule has 0 saturated heterocycles. The van der Waals surface area contributed by atoms with Gasteiger partial charge in [-0.05, 0) is 25.0 Å². The Morgan fingerprint density at radius 2 is 2.25 bits per heavy atom. The van der Waals surface area contributed by atoms with Crippen LogP contribution in [0.5, 0.6) is 5.75 Å². The summed E-state index contributed by atoms with van der Waals surface area (Å²) < 4.78 is 5.09. The molecule has 0 bridgehead atoms. The number of benzene rings is 1. The van der Waals surface area contributed by atoms with Gasteiger partial charge in [0.15, 0.2) is 0 Å². The zero-order valence-electron chi connectivity index (χ0n) is 9.36. The SMILES string of the molecule is COc1ccc(C#N)c(NCCCCO)c1. The second-order valence-electron chi connectivity index (χ2n) is 3.38. The number of rotatable bonds is 6. The molecule has 1 aromatic rings. The Bertz CT molecular complexity index is 372. The van der Waals surface area contributed by atoms with E-state index in [4.69, 9.17) is 15.1 Å². The molecule has 1 rings (SSSR count). The first kappa shape index (κ1) is 12.3. The molecule has 4 nitrogen and oxygen atoms in total. The van der Waals surface area contributed by atoms with Crippen LogP contribution in [-0.4, -0.2) is 25.4 Å². The fourth-order valence-electron chi connectivity index (χ4n) is 1.35. The average Bonchev–Trinajstić information content (AvgIpc) is 2.34. The van der Waals surface area contributed by atoms with Crippen molar-refractivity contribution in [3.63, 3.8) is 0 Å². The molecule has 0 aliphatic carbocycles. The van der Waals surface area contributed by atoms with Crippen LogP contribution in [0.25, 0.3) is 0 Å². The predicted molar refractivity (Wildman–Crippen MR) is 62.5 cm³/mol. The zero-order chi connectivity index (χ0) is 11.8. The Hall–Kier alpha value is -1.73. The summed E-state index contributed by atoms with van der Waals surface area (Å²) in [5, 5.41) is 20.7. The number of hydrogen-bond donors (Lipinski definition) is 2. The quantitative estimate of drug-likeness (QED) is 0.717. The van der Waals surface area contributed by atoms with Gasteiger partial charge in [-0.25, -0.2) is 0 Å². The lowest BCUT2D eigenvalue weighted by molar-refractivity contribution is 0.286. The molecule has 0 radical (unpaired) electrons. The van der Waals surface area contributed by atoms with Gasteiger partial charge in [0.1, 0.15) is 11.8 Å². The van der Waals surface area contributed by atoms with Gasteiger partial charge in [0, 0.05) is 19.2 Å². The standard InChI is InChI=1S/C12H16N2O2/c1-16-11-5-4-10(9-13)12(8-11)14-6-2-3-7-15/h4-5,8,14-15H,2-3,6-7H2,1H3. The molecule has 16 heavy (non-hydrogen) atoms. The fourth-order valence-corrected chi connectivity index (χ4v) is 1.35. The molecule has 0 atom stereocenters. The van der Waals surface area contributed by atoms with Crippen molar-refractivity contribution in [2.24, 2.45) is 0 Å². The van der Waals surface area contributed by atoms with Gasteiger partial charge < -0.3 is 15.2 Å². The molecule has 2 N–H and O–H groups in total. The van der Waals surface area contributed by atoms with Crippen molar-refractivity contribution in [3.05, 3.63) is 23.8 Å². The maximum absolute atomic E-state index is 8.91. The van der Waals surface area contributed by atoms with Crippen molar-refractivity contribution in [2.75, 3.05) is 25.6 Å². The number of nitriles is 1. The number of aliphatic hydroxyl groups is 1. The van der Waals surface area contributed by atoms with E-state index in [2.05, 4.69) is 11.4 Å². The van der Waals surface area contributed by atoms with E-state index in [0.29, 0.717) is 5.56 Å². The summed E-state index contributed by atoms with van der Waals surface area (Å²) in [5.41, 5.74) is 1.38. The number of aliphatic hydroxyl groups excluding tert-OH is 1. The Labute approximate surface area is 95.5 Å². The first-order valence-electron chi connectivity index (χ1n) is 5.24. The minimum atomic E-state index is 0.199. The van der Waals surface area contributed by atoms with Crippen LogP contribution < -0.4 is 10.1 Å². The third-order valence-corrected chi connectivity index (χ3v) is 2.25. The van der Waals surface area contributed by atoms with Crippen LogP contribution in [0, 0.1) is 11.3 Å². The van der Waals surface area contributed by atoms with Crippen molar-refractivity contribution < 1.29 is 9.84 Å². The molecule has 86 valence electrons. The van der Waals surface area contributed by atoms with Crippen LogP contribution in [0.3, 0.4) is 0 Å². The Kier molecular flexibility index (Phi) is 5.17.